The van der Waals surface area contributed by atoms with E-state index >= 15 is 0 Å². The molecule has 3 rings (SSSR count). The molecule has 0 aliphatic rings. The fourth-order valence-corrected chi connectivity index (χ4v) is 3.05. The Bertz CT molecular complexity index is 1270. The summed E-state index contributed by atoms with van der Waals surface area (Å²) in [5.41, 5.74) is 0.0363. The molecule has 0 bridgehead atoms. The summed E-state index contributed by atoms with van der Waals surface area (Å²) in [4.78, 5) is 50.0. The van der Waals surface area contributed by atoms with Crippen LogP contribution in [0.1, 0.15) is 61.5 Å². The molecular formula is C25H27N3O5. The van der Waals surface area contributed by atoms with E-state index in [0.29, 0.717) is 22.0 Å². The molecule has 0 saturated carbocycles. The number of nitrogens with one attached hydrogen (secondary N) is 1. The van der Waals surface area contributed by atoms with Crippen LogP contribution in [0.4, 0.5) is 5.69 Å². The van der Waals surface area contributed by atoms with Crippen molar-refractivity contribution in [3.8, 4) is 0 Å². The molecule has 8 heteroatoms. The van der Waals surface area contributed by atoms with Crippen molar-refractivity contribution >= 4 is 34.1 Å². The molecule has 0 radical (unpaired) electrons. The molecular weight excluding hydrogens is 422 g/mol. The lowest BCUT2D eigenvalue weighted by Crippen LogP contribution is -2.28. The predicted molar refractivity (Wildman–Crippen MR) is 126 cm³/mol. The van der Waals surface area contributed by atoms with Gasteiger partial charge >= 0.3 is 5.97 Å². The number of ether oxygens (including phenoxy) is 1. The number of fused-ring (bicyclic) bond motifs is 1. The first-order valence-corrected chi connectivity index (χ1v) is 10.6. The van der Waals surface area contributed by atoms with Crippen molar-refractivity contribution in [3.63, 3.8) is 0 Å². The molecule has 0 unspecified atom stereocenters. The Balaban J connectivity index is 1.74. The van der Waals surface area contributed by atoms with E-state index in [-0.39, 0.29) is 23.2 Å². The number of ketones is 1. The van der Waals surface area contributed by atoms with Crippen molar-refractivity contribution in [1.29, 1.82) is 0 Å². The first-order chi connectivity index (χ1) is 15.5. The van der Waals surface area contributed by atoms with Gasteiger partial charge in [0.25, 0.3) is 5.56 Å². The minimum Gasteiger partial charge on any atom is -0.452 e. The summed E-state index contributed by atoms with van der Waals surface area (Å²) in [5.74, 6) is -1.33. The average Bonchev–Trinajstić information content (AvgIpc) is 2.77. The number of Topliss-reactive ketones (excluding diaryl/α,β-unsaturated/α-hetero) is 1. The van der Waals surface area contributed by atoms with Crippen molar-refractivity contribution in [2.45, 2.75) is 40.7 Å². The maximum absolute atomic E-state index is 12.8. The summed E-state index contributed by atoms with van der Waals surface area (Å²) in [6.07, 6.45) is 0. The van der Waals surface area contributed by atoms with Crippen molar-refractivity contribution in [2.75, 3.05) is 11.9 Å². The largest absolute Gasteiger partial charge is 0.452 e. The van der Waals surface area contributed by atoms with Crippen LogP contribution in [0.25, 0.3) is 10.8 Å². The van der Waals surface area contributed by atoms with Gasteiger partial charge < -0.3 is 10.1 Å². The fourth-order valence-electron chi connectivity index (χ4n) is 3.05. The summed E-state index contributed by atoms with van der Waals surface area (Å²) < 4.78 is 6.46. The van der Waals surface area contributed by atoms with Crippen LogP contribution in [0.3, 0.4) is 0 Å². The zero-order valence-electron chi connectivity index (χ0n) is 19.3. The van der Waals surface area contributed by atoms with Crippen LogP contribution in [0.2, 0.25) is 0 Å². The molecule has 1 aromatic heterocycles. The van der Waals surface area contributed by atoms with Gasteiger partial charge in [-0.05, 0) is 44.2 Å². The number of hydrogen-bond acceptors (Lipinski definition) is 6. The summed E-state index contributed by atoms with van der Waals surface area (Å²) in [5, 5.41) is 7.70. The molecule has 8 nitrogen and oxygen atoms in total. The normalized spacial score (nSPS) is 11.5. The highest BCUT2D eigenvalue weighted by atomic mass is 16.5. The molecule has 2 aromatic carbocycles. The molecule has 1 N–H and O–H groups in total. The van der Waals surface area contributed by atoms with E-state index in [0.717, 1.165) is 0 Å². The Kier molecular flexibility index (Phi) is 6.76. The smallest absolute Gasteiger partial charge is 0.359 e. The number of rotatable bonds is 6. The number of esters is 1. The summed E-state index contributed by atoms with van der Waals surface area (Å²) >= 11 is 0. The van der Waals surface area contributed by atoms with E-state index in [9.17, 15) is 19.2 Å². The minimum atomic E-state index is -0.789. The molecule has 1 amide bonds. The highest BCUT2D eigenvalue weighted by Crippen LogP contribution is 2.19. The van der Waals surface area contributed by atoms with E-state index in [4.69, 9.17) is 4.74 Å². The topological polar surface area (TPSA) is 107 Å². The van der Waals surface area contributed by atoms with Gasteiger partial charge in [-0.1, -0.05) is 39.0 Å². The van der Waals surface area contributed by atoms with Gasteiger partial charge in [-0.15, -0.1) is 0 Å². The van der Waals surface area contributed by atoms with Gasteiger partial charge in [-0.25, -0.2) is 9.48 Å². The van der Waals surface area contributed by atoms with Gasteiger partial charge in [0.1, 0.15) is 0 Å². The van der Waals surface area contributed by atoms with Crippen LogP contribution >= 0.6 is 0 Å². The fraction of sp³-hybridized carbons (Fsp3) is 0.320. The zero-order chi connectivity index (χ0) is 24.3. The molecule has 172 valence electrons. The van der Waals surface area contributed by atoms with E-state index in [1.165, 1.54) is 4.68 Å². The molecule has 33 heavy (non-hydrogen) atoms. The molecule has 0 aliphatic carbocycles. The Morgan fingerprint density at radius 1 is 1.00 bits per heavy atom. The molecule has 0 saturated heterocycles. The van der Waals surface area contributed by atoms with Crippen LogP contribution in [0, 0.1) is 5.41 Å². The Morgan fingerprint density at radius 3 is 2.18 bits per heavy atom. The average molecular weight is 450 g/mol. The van der Waals surface area contributed by atoms with Crippen molar-refractivity contribution < 1.29 is 19.1 Å². The second-order valence-corrected chi connectivity index (χ2v) is 9.02. The quantitative estimate of drug-likeness (QED) is 0.450. The van der Waals surface area contributed by atoms with Crippen LogP contribution < -0.4 is 10.9 Å². The van der Waals surface area contributed by atoms with E-state index < -0.39 is 23.8 Å². The first kappa shape index (κ1) is 23.8. The number of anilines is 1. The zero-order valence-corrected chi connectivity index (χ0v) is 19.3. The number of carbonyl (C=O) groups excluding carboxylic acids is 3. The number of nitrogens with zero attached hydrogens (tertiary/aromatic N) is 2. The van der Waals surface area contributed by atoms with Crippen molar-refractivity contribution in [3.05, 3.63) is 70.1 Å². The summed E-state index contributed by atoms with van der Waals surface area (Å²) in [7, 11) is 0. The van der Waals surface area contributed by atoms with Gasteiger partial charge in [-0.3, -0.25) is 14.4 Å². The number of aromatic nitrogens is 2. The van der Waals surface area contributed by atoms with Crippen molar-refractivity contribution in [2.24, 2.45) is 5.41 Å². The van der Waals surface area contributed by atoms with Crippen LogP contribution in [0.15, 0.2) is 53.3 Å². The third-order valence-corrected chi connectivity index (χ3v) is 4.99. The molecule has 0 fully saturated rings. The van der Waals surface area contributed by atoms with Gasteiger partial charge in [-0.2, -0.15) is 5.10 Å². The molecule has 0 spiro atoms. The molecule has 3 aromatic rings. The first-order valence-electron chi connectivity index (χ1n) is 10.6. The number of carbonyl (C=O) groups is 3. The highest BCUT2D eigenvalue weighted by Gasteiger charge is 2.22. The van der Waals surface area contributed by atoms with E-state index in [2.05, 4.69) is 10.4 Å². The van der Waals surface area contributed by atoms with E-state index in [1.54, 1.807) is 83.1 Å². The third kappa shape index (κ3) is 5.34. The van der Waals surface area contributed by atoms with Crippen LogP contribution in [0.5, 0.6) is 0 Å². The maximum Gasteiger partial charge on any atom is 0.359 e. The van der Waals surface area contributed by atoms with Crippen LogP contribution in [-0.4, -0.2) is 34.0 Å². The van der Waals surface area contributed by atoms with Gasteiger partial charge in [0, 0.05) is 22.1 Å². The third-order valence-electron chi connectivity index (χ3n) is 4.99. The van der Waals surface area contributed by atoms with Crippen molar-refractivity contribution in [1.82, 2.24) is 9.78 Å². The Morgan fingerprint density at radius 2 is 1.61 bits per heavy atom. The number of hydrogen-bond donors (Lipinski definition) is 1. The van der Waals surface area contributed by atoms with Gasteiger partial charge in [0.05, 0.1) is 11.4 Å². The second kappa shape index (κ2) is 9.36. The summed E-state index contributed by atoms with van der Waals surface area (Å²) in [6, 6.07) is 12.7. The number of benzene rings is 2. The standard InChI is InChI=1S/C25H27N3O5/c1-15(2)28-22(30)19-9-7-6-8-18(19)21(27-28)23(31)33-14-20(29)16-10-12-17(13-11-16)26-24(32)25(3,4)5/h6-13,15H,14H2,1-5H3,(H,26,32). The van der Waals surface area contributed by atoms with Gasteiger partial charge in [0.15, 0.2) is 18.1 Å². The maximum atomic E-state index is 12.8. The van der Waals surface area contributed by atoms with Gasteiger partial charge in [0.2, 0.25) is 5.91 Å². The lowest BCUT2D eigenvalue weighted by atomic mass is 9.95. The molecule has 0 aliphatic heterocycles. The Hall–Kier alpha value is -3.81. The lowest BCUT2D eigenvalue weighted by Gasteiger charge is -2.17. The summed E-state index contributed by atoms with van der Waals surface area (Å²) in [6.45, 7) is 8.51. The minimum absolute atomic E-state index is 0.0214. The predicted octanol–water partition coefficient (Wildman–Crippen LogP) is 4.00. The monoisotopic (exact) mass is 449 g/mol. The van der Waals surface area contributed by atoms with E-state index in [1.807, 2.05) is 0 Å². The second-order valence-electron chi connectivity index (χ2n) is 9.02. The molecule has 0 atom stereocenters. The Labute approximate surface area is 191 Å². The van der Waals surface area contributed by atoms with Crippen LogP contribution in [-0.2, 0) is 9.53 Å². The number of amides is 1. The SMILES string of the molecule is CC(C)n1nc(C(=O)OCC(=O)c2ccc(NC(=O)C(C)(C)C)cc2)c2ccccc2c1=O. The lowest BCUT2D eigenvalue weighted by molar-refractivity contribution is -0.123. The highest BCUT2D eigenvalue weighted by molar-refractivity contribution is 6.04. The molecule has 1 heterocycles.